The highest BCUT2D eigenvalue weighted by Gasteiger charge is 2.22. The van der Waals surface area contributed by atoms with Crippen LogP contribution in [0.2, 0.25) is 0 Å². The minimum atomic E-state index is 0.323. The van der Waals surface area contributed by atoms with Crippen molar-refractivity contribution in [3.8, 4) is 17.2 Å². The van der Waals surface area contributed by atoms with Crippen LogP contribution in [0.4, 0.5) is 23.5 Å². The summed E-state index contributed by atoms with van der Waals surface area (Å²) in [6, 6.07) is 34.0. The van der Waals surface area contributed by atoms with E-state index in [2.05, 4.69) is 56.1 Å². The Balaban J connectivity index is 1.20. The van der Waals surface area contributed by atoms with E-state index in [9.17, 15) is 0 Å². The third-order valence-electron chi connectivity index (χ3n) is 8.06. The number of aromatic nitrogens is 3. The summed E-state index contributed by atoms with van der Waals surface area (Å²) in [6.07, 6.45) is 4.88. The minimum Gasteiger partial charge on any atom is -0.497 e. The van der Waals surface area contributed by atoms with Crippen molar-refractivity contribution in [1.82, 2.24) is 15.0 Å². The molecule has 1 aromatic heterocycles. The Labute approximate surface area is 275 Å². The first kappa shape index (κ1) is 31.3. The van der Waals surface area contributed by atoms with Crippen molar-refractivity contribution in [2.24, 2.45) is 11.0 Å². The third kappa shape index (κ3) is 8.55. The van der Waals surface area contributed by atoms with Crippen molar-refractivity contribution in [2.75, 3.05) is 43.0 Å². The molecule has 4 aromatic carbocycles. The number of ether oxygens (including phenoxy) is 3. The van der Waals surface area contributed by atoms with E-state index in [0.717, 1.165) is 54.9 Å². The molecule has 2 N–H and O–H groups in total. The predicted molar refractivity (Wildman–Crippen MR) is 186 cm³/mol. The fourth-order valence-electron chi connectivity index (χ4n) is 5.54. The molecule has 1 aliphatic rings. The summed E-state index contributed by atoms with van der Waals surface area (Å²) in [4.78, 5) is 16.4. The van der Waals surface area contributed by atoms with E-state index in [-0.39, 0.29) is 0 Å². The average molecular weight is 630 g/mol. The molecule has 10 heteroatoms. The lowest BCUT2D eigenvalue weighted by Crippen LogP contribution is -2.35. The molecule has 2 heterocycles. The summed E-state index contributed by atoms with van der Waals surface area (Å²) >= 11 is 0. The van der Waals surface area contributed by atoms with E-state index in [4.69, 9.17) is 24.2 Å². The van der Waals surface area contributed by atoms with Crippen LogP contribution in [-0.2, 0) is 13.0 Å². The fourth-order valence-corrected chi connectivity index (χ4v) is 5.54. The Morgan fingerprint density at radius 3 is 2.17 bits per heavy atom. The molecule has 0 radical (unpaired) electrons. The smallest absolute Gasteiger partial charge is 0.250 e. The maximum absolute atomic E-state index is 6.18. The van der Waals surface area contributed by atoms with Gasteiger partial charge >= 0.3 is 0 Å². The number of piperidine rings is 1. The maximum Gasteiger partial charge on any atom is 0.250 e. The van der Waals surface area contributed by atoms with Crippen LogP contribution in [0.15, 0.2) is 108 Å². The minimum absolute atomic E-state index is 0.323. The standard InChI is InChI=1S/C37H39N7O3/c1-45-32-18-16-31(17-19-32)39-35-40-36(42-37(41-35)44-22-20-28(21-23-44)24-27-10-5-3-6-11-27)43-38-25-30-14-9-15-33(46-2)34(30)47-26-29-12-7-4-8-13-29/h3-19,25,28H,20-24,26H2,1-2H3,(H2,39,40,41,42,43)/b38-25-. The zero-order valence-corrected chi connectivity index (χ0v) is 26.7. The van der Waals surface area contributed by atoms with Crippen LogP contribution in [0.5, 0.6) is 17.2 Å². The average Bonchev–Trinajstić information content (AvgIpc) is 3.12. The number of para-hydroxylation sites is 1. The van der Waals surface area contributed by atoms with Gasteiger partial charge in [0.15, 0.2) is 11.5 Å². The number of methoxy groups -OCH3 is 2. The molecule has 10 nitrogen and oxygen atoms in total. The van der Waals surface area contributed by atoms with Crippen LogP contribution >= 0.6 is 0 Å². The van der Waals surface area contributed by atoms with Gasteiger partial charge in [-0.05, 0) is 72.7 Å². The molecular weight excluding hydrogens is 590 g/mol. The number of nitrogens with one attached hydrogen (secondary N) is 2. The lowest BCUT2D eigenvalue weighted by molar-refractivity contribution is 0.284. The second kappa shape index (κ2) is 15.6. The third-order valence-corrected chi connectivity index (χ3v) is 8.06. The molecule has 0 unspecified atom stereocenters. The summed E-state index contributed by atoms with van der Waals surface area (Å²) in [7, 11) is 3.27. The second-order valence-electron chi connectivity index (χ2n) is 11.3. The highest BCUT2D eigenvalue weighted by atomic mass is 16.5. The quantitative estimate of drug-likeness (QED) is 0.104. The molecule has 47 heavy (non-hydrogen) atoms. The van der Waals surface area contributed by atoms with Crippen molar-refractivity contribution >= 4 is 29.7 Å². The molecule has 0 amide bonds. The number of hydrazone groups is 1. The largest absolute Gasteiger partial charge is 0.497 e. The molecule has 1 fully saturated rings. The summed E-state index contributed by atoms with van der Waals surface area (Å²) in [6.45, 7) is 2.12. The monoisotopic (exact) mass is 629 g/mol. The molecule has 0 atom stereocenters. The Morgan fingerprint density at radius 1 is 0.766 bits per heavy atom. The first-order valence-corrected chi connectivity index (χ1v) is 15.8. The van der Waals surface area contributed by atoms with Gasteiger partial charge in [0.25, 0.3) is 0 Å². The van der Waals surface area contributed by atoms with Gasteiger partial charge in [-0.25, -0.2) is 5.43 Å². The van der Waals surface area contributed by atoms with Crippen LogP contribution in [0.3, 0.4) is 0 Å². The van der Waals surface area contributed by atoms with Crippen molar-refractivity contribution in [3.05, 3.63) is 120 Å². The molecule has 5 aromatic rings. The van der Waals surface area contributed by atoms with E-state index in [1.165, 1.54) is 5.56 Å². The zero-order valence-electron chi connectivity index (χ0n) is 26.7. The topological polar surface area (TPSA) is 106 Å². The molecule has 240 valence electrons. The summed E-state index contributed by atoms with van der Waals surface area (Å²) in [5.41, 5.74) is 7.03. The number of hydrogen-bond donors (Lipinski definition) is 2. The van der Waals surface area contributed by atoms with Gasteiger partial charge in [0.05, 0.1) is 20.4 Å². The molecule has 0 aliphatic carbocycles. The summed E-state index contributed by atoms with van der Waals surface area (Å²) in [5, 5.41) is 7.80. The van der Waals surface area contributed by atoms with Gasteiger partial charge in [0.1, 0.15) is 12.4 Å². The van der Waals surface area contributed by atoms with E-state index >= 15 is 0 Å². The van der Waals surface area contributed by atoms with Gasteiger partial charge in [-0.1, -0.05) is 66.7 Å². The van der Waals surface area contributed by atoms with Gasteiger partial charge < -0.3 is 24.4 Å². The van der Waals surface area contributed by atoms with Gasteiger partial charge in [-0.15, -0.1) is 0 Å². The lowest BCUT2D eigenvalue weighted by atomic mass is 9.90. The van der Waals surface area contributed by atoms with Crippen LogP contribution in [-0.4, -0.2) is 48.5 Å². The zero-order chi connectivity index (χ0) is 32.3. The lowest BCUT2D eigenvalue weighted by Gasteiger charge is -2.32. The van der Waals surface area contributed by atoms with Crippen molar-refractivity contribution in [1.29, 1.82) is 0 Å². The van der Waals surface area contributed by atoms with Gasteiger partial charge in [-0.3, -0.25) is 0 Å². The highest BCUT2D eigenvalue weighted by molar-refractivity contribution is 5.85. The molecule has 6 rings (SSSR count). The Bertz CT molecular complexity index is 1740. The van der Waals surface area contributed by atoms with Gasteiger partial charge in [-0.2, -0.15) is 20.1 Å². The number of rotatable bonds is 13. The van der Waals surface area contributed by atoms with Crippen LogP contribution in [0.1, 0.15) is 29.5 Å². The normalized spacial score (nSPS) is 13.4. The van der Waals surface area contributed by atoms with E-state index in [0.29, 0.717) is 41.9 Å². The van der Waals surface area contributed by atoms with Crippen molar-refractivity contribution in [3.63, 3.8) is 0 Å². The number of benzene rings is 4. The van der Waals surface area contributed by atoms with E-state index in [1.807, 2.05) is 72.8 Å². The molecule has 0 spiro atoms. The number of hydrogen-bond acceptors (Lipinski definition) is 10. The van der Waals surface area contributed by atoms with Crippen molar-refractivity contribution < 1.29 is 14.2 Å². The Hall–Kier alpha value is -5.64. The first-order valence-electron chi connectivity index (χ1n) is 15.8. The highest BCUT2D eigenvalue weighted by Crippen LogP contribution is 2.31. The second-order valence-corrected chi connectivity index (χ2v) is 11.3. The van der Waals surface area contributed by atoms with Gasteiger partial charge in [0, 0.05) is 24.3 Å². The SMILES string of the molecule is COc1ccc(Nc2nc(N/N=C\c3cccc(OC)c3OCc3ccccc3)nc(N3CCC(Cc4ccccc4)CC3)n2)cc1. The predicted octanol–water partition coefficient (Wildman–Crippen LogP) is 7.12. The summed E-state index contributed by atoms with van der Waals surface area (Å²) in [5.74, 6) is 3.94. The fraction of sp³-hybridized carbons (Fsp3) is 0.243. The van der Waals surface area contributed by atoms with Crippen LogP contribution in [0, 0.1) is 5.92 Å². The van der Waals surface area contributed by atoms with E-state index in [1.54, 1.807) is 20.4 Å². The Morgan fingerprint density at radius 2 is 1.47 bits per heavy atom. The number of anilines is 4. The van der Waals surface area contributed by atoms with Crippen molar-refractivity contribution in [2.45, 2.75) is 25.9 Å². The summed E-state index contributed by atoms with van der Waals surface area (Å²) < 4.78 is 17.1. The van der Waals surface area contributed by atoms with E-state index < -0.39 is 0 Å². The maximum atomic E-state index is 6.18. The van der Waals surface area contributed by atoms with Crippen LogP contribution in [0.25, 0.3) is 0 Å². The molecule has 0 bridgehead atoms. The van der Waals surface area contributed by atoms with Gasteiger partial charge in [0.2, 0.25) is 17.8 Å². The van der Waals surface area contributed by atoms with Crippen LogP contribution < -0.4 is 29.9 Å². The Kier molecular flexibility index (Phi) is 10.4. The molecule has 0 saturated carbocycles. The molecule has 1 aliphatic heterocycles. The number of nitrogens with zero attached hydrogens (tertiary/aromatic N) is 5. The first-order chi connectivity index (χ1) is 23.2. The molecule has 1 saturated heterocycles. The molecular formula is C37H39N7O3.